The van der Waals surface area contributed by atoms with Crippen LogP contribution in [0.15, 0.2) is 17.2 Å². The van der Waals surface area contributed by atoms with Gasteiger partial charge in [-0.1, -0.05) is 0 Å². The van der Waals surface area contributed by atoms with Crippen LogP contribution in [0.5, 0.6) is 0 Å². The summed E-state index contributed by atoms with van der Waals surface area (Å²) in [6.07, 6.45) is 1.72. The number of nitrogens with one attached hydrogen (secondary N) is 3. The van der Waals surface area contributed by atoms with Gasteiger partial charge in [0.25, 0.3) is 6.43 Å². The average molecular weight is 598 g/mol. The molecule has 3 N–H and O–H groups in total. The number of benzene rings is 1. The Hall–Kier alpha value is -2.67. The van der Waals surface area contributed by atoms with Crippen molar-refractivity contribution in [1.29, 1.82) is 16.1 Å². The Morgan fingerprint density at radius 3 is 2.50 bits per heavy atom. The van der Waals surface area contributed by atoms with Crippen molar-refractivity contribution in [2.24, 2.45) is 5.41 Å². The zero-order chi connectivity index (χ0) is 28.7. The maximum atomic E-state index is 16.2. The number of nitriles is 1. The van der Waals surface area contributed by atoms with Gasteiger partial charge in [0.1, 0.15) is 4.90 Å². The maximum absolute atomic E-state index is 16.2. The summed E-state index contributed by atoms with van der Waals surface area (Å²) < 4.78 is 78.6. The molecule has 0 bridgehead atoms. The molecule has 0 unspecified atom stereocenters. The molecule has 2 aromatic rings. The van der Waals surface area contributed by atoms with Crippen molar-refractivity contribution in [3.05, 3.63) is 18.1 Å². The van der Waals surface area contributed by atoms with Gasteiger partial charge in [0.2, 0.25) is 10.0 Å². The van der Waals surface area contributed by atoms with Crippen LogP contribution in [0.1, 0.15) is 51.4 Å². The Balaban J connectivity index is 1.50. The number of anilines is 1. The Kier molecular flexibility index (Phi) is 7.90. The molecule has 3 fully saturated rings. The van der Waals surface area contributed by atoms with Gasteiger partial charge in [0.05, 0.1) is 47.3 Å². The number of unbranched alkanes of at least 4 members (excludes halogenated alkanes) is 2. The van der Waals surface area contributed by atoms with Crippen LogP contribution in [-0.4, -0.2) is 66.7 Å². The predicted molar refractivity (Wildman–Crippen MR) is 145 cm³/mol. The van der Waals surface area contributed by atoms with Crippen LogP contribution in [0.2, 0.25) is 0 Å². The third-order valence-corrected chi connectivity index (χ3v) is 10.3. The molecule has 5 rings (SSSR count). The lowest BCUT2D eigenvalue weighted by atomic mass is 9.76. The number of alkyl halides is 2. The fraction of sp³-hybridized carbons (Fsp3) is 0.600. The third-order valence-electron chi connectivity index (χ3n) is 7.90. The van der Waals surface area contributed by atoms with Crippen molar-refractivity contribution in [3.63, 3.8) is 0 Å². The number of ether oxygens (including phenoxy) is 1. The first-order valence-corrected chi connectivity index (χ1v) is 15.4. The fourth-order valence-corrected chi connectivity index (χ4v) is 7.42. The number of fused-ring (bicyclic) bond motifs is 1. The predicted octanol–water partition coefficient (Wildman–Crippen LogP) is 4.45. The van der Waals surface area contributed by atoms with Crippen LogP contribution in [0.4, 0.5) is 18.9 Å². The van der Waals surface area contributed by atoms with Crippen molar-refractivity contribution in [3.8, 4) is 6.07 Å². The normalized spacial score (nSPS) is 19.5. The average Bonchev–Trinajstić information content (AvgIpc) is 3.54. The number of thioether (sulfide) groups is 1. The largest absolute Gasteiger partial charge is 0.380 e. The zero-order valence-electron chi connectivity index (χ0n) is 21.7. The van der Waals surface area contributed by atoms with Gasteiger partial charge >= 0.3 is 0 Å². The molecule has 1 spiro atoms. The molecule has 0 amide bonds. The van der Waals surface area contributed by atoms with E-state index in [1.807, 2.05) is 10.8 Å². The summed E-state index contributed by atoms with van der Waals surface area (Å²) in [6.45, 7) is 2.14. The van der Waals surface area contributed by atoms with Crippen LogP contribution < -0.4 is 9.62 Å². The van der Waals surface area contributed by atoms with Crippen LogP contribution in [0, 0.1) is 33.4 Å². The lowest BCUT2D eigenvalue weighted by Crippen LogP contribution is -2.51. The molecule has 1 aromatic heterocycles. The first kappa shape index (κ1) is 28.8. The summed E-state index contributed by atoms with van der Waals surface area (Å²) in [7, 11) is -4.70. The van der Waals surface area contributed by atoms with Gasteiger partial charge < -0.3 is 9.64 Å². The summed E-state index contributed by atoms with van der Waals surface area (Å²) in [4.78, 5) is 0.973. The van der Waals surface area contributed by atoms with Crippen molar-refractivity contribution < 1.29 is 26.3 Å². The Morgan fingerprint density at radius 1 is 1.23 bits per heavy atom. The second kappa shape index (κ2) is 11.0. The standard InChI is InChI=1S/C25H30F3N7O3S2/c26-20-18(40(36,37)33-25(5-6-25)22(27)28)12-17-16(21(20)34-10-7-24(8-11-34)14-38-15-24)13-32-35(17)23(31)39-19(30)4-2-1-3-9-29/h12-13,22,30-31,33H,1-8,10-11,14-15H2. The number of sulfonamides is 1. The van der Waals surface area contributed by atoms with E-state index in [0.717, 1.165) is 35.4 Å². The van der Waals surface area contributed by atoms with Crippen LogP contribution >= 0.6 is 11.8 Å². The highest BCUT2D eigenvalue weighted by Gasteiger charge is 2.54. The highest BCUT2D eigenvalue weighted by molar-refractivity contribution is 8.26. The quantitative estimate of drug-likeness (QED) is 0.220. The van der Waals surface area contributed by atoms with Crippen molar-refractivity contribution in [1.82, 2.24) is 14.5 Å². The summed E-state index contributed by atoms with van der Waals surface area (Å²) in [5, 5.41) is 29.9. The second-order valence-electron chi connectivity index (χ2n) is 10.8. The van der Waals surface area contributed by atoms with E-state index in [0.29, 0.717) is 52.0 Å². The van der Waals surface area contributed by atoms with Gasteiger partial charge in [-0.3, -0.25) is 10.8 Å². The molecule has 2 aliphatic heterocycles. The number of piperidine rings is 1. The van der Waals surface area contributed by atoms with Crippen molar-refractivity contribution in [2.45, 2.75) is 68.2 Å². The number of hydrogen-bond acceptors (Lipinski definition) is 9. The van der Waals surface area contributed by atoms with E-state index in [9.17, 15) is 17.2 Å². The zero-order valence-corrected chi connectivity index (χ0v) is 23.3. The van der Waals surface area contributed by atoms with Gasteiger partial charge in [-0.05, 0) is 62.8 Å². The second-order valence-corrected chi connectivity index (χ2v) is 13.5. The number of hydrogen-bond donors (Lipinski definition) is 3. The molecule has 1 aliphatic carbocycles. The van der Waals surface area contributed by atoms with Gasteiger partial charge in [-0.25, -0.2) is 26.3 Å². The summed E-state index contributed by atoms with van der Waals surface area (Å²) >= 11 is 0.822. The minimum Gasteiger partial charge on any atom is -0.380 e. The van der Waals surface area contributed by atoms with Crippen LogP contribution in [0.3, 0.4) is 0 Å². The van der Waals surface area contributed by atoms with Crippen LogP contribution in [0.25, 0.3) is 10.9 Å². The molecular weight excluding hydrogens is 567 g/mol. The Bertz CT molecular complexity index is 1470. The van der Waals surface area contributed by atoms with Crippen molar-refractivity contribution in [2.75, 3.05) is 31.2 Å². The molecule has 2 saturated heterocycles. The number of aromatic nitrogens is 2. The molecule has 216 valence electrons. The van der Waals surface area contributed by atoms with Crippen LogP contribution in [-0.2, 0) is 14.8 Å². The van der Waals surface area contributed by atoms with Gasteiger partial charge in [-0.2, -0.15) is 15.1 Å². The SMILES string of the molecule is N#CCCCCC(=N)SC(=N)n1ncc2c(N3CCC4(CC3)COC4)c(F)c(S(=O)(=O)NC3(C(F)F)CC3)cc21. The number of rotatable bonds is 9. The van der Waals surface area contributed by atoms with E-state index in [1.54, 1.807) is 4.90 Å². The van der Waals surface area contributed by atoms with E-state index in [-0.39, 0.29) is 45.1 Å². The smallest absolute Gasteiger partial charge is 0.257 e. The van der Waals surface area contributed by atoms with E-state index < -0.39 is 32.7 Å². The highest BCUT2D eigenvalue weighted by Crippen LogP contribution is 2.45. The van der Waals surface area contributed by atoms with Crippen molar-refractivity contribution >= 4 is 48.6 Å². The minimum absolute atomic E-state index is 0.00508. The third kappa shape index (κ3) is 5.46. The summed E-state index contributed by atoms with van der Waals surface area (Å²) in [6, 6.07) is 3.07. The molecule has 3 aliphatic rings. The molecule has 0 radical (unpaired) electrons. The maximum Gasteiger partial charge on any atom is 0.257 e. The van der Waals surface area contributed by atoms with Gasteiger partial charge in [0.15, 0.2) is 11.0 Å². The Morgan fingerprint density at radius 2 is 1.93 bits per heavy atom. The Labute approximate surface area is 234 Å². The molecule has 40 heavy (non-hydrogen) atoms. The topological polar surface area (TPSA) is 148 Å². The summed E-state index contributed by atoms with van der Waals surface area (Å²) in [5.41, 5.74) is -1.75. The minimum atomic E-state index is -4.70. The first-order chi connectivity index (χ1) is 19.0. The molecule has 1 saturated carbocycles. The van der Waals surface area contributed by atoms with E-state index >= 15 is 4.39 Å². The molecule has 1 aromatic carbocycles. The lowest BCUT2D eigenvalue weighted by Gasteiger charge is -2.48. The molecule has 15 heteroatoms. The van der Waals surface area contributed by atoms with E-state index in [4.69, 9.17) is 20.8 Å². The first-order valence-electron chi connectivity index (χ1n) is 13.1. The van der Waals surface area contributed by atoms with Gasteiger partial charge in [0, 0.05) is 30.3 Å². The van der Waals surface area contributed by atoms with E-state index in [2.05, 4.69) is 5.10 Å². The monoisotopic (exact) mass is 597 g/mol. The van der Waals surface area contributed by atoms with E-state index in [1.165, 1.54) is 6.20 Å². The fourth-order valence-electron chi connectivity index (χ4n) is 5.17. The lowest BCUT2D eigenvalue weighted by molar-refractivity contribution is -0.124. The molecule has 3 heterocycles. The number of nitrogens with zero attached hydrogens (tertiary/aromatic N) is 4. The molecule has 10 nitrogen and oxygen atoms in total. The van der Waals surface area contributed by atoms with Gasteiger partial charge in [-0.15, -0.1) is 0 Å². The highest BCUT2D eigenvalue weighted by atomic mass is 32.2. The number of halogens is 3. The summed E-state index contributed by atoms with van der Waals surface area (Å²) in [5.74, 6) is -1.05. The molecular formula is C25H30F3N7O3S2. The molecule has 0 atom stereocenters.